The fourth-order valence-electron chi connectivity index (χ4n) is 7.69. The van der Waals surface area contributed by atoms with Crippen molar-refractivity contribution >= 4 is 93.4 Å². The van der Waals surface area contributed by atoms with Crippen molar-refractivity contribution in [2.75, 3.05) is 0 Å². The summed E-state index contributed by atoms with van der Waals surface area (Å²) in [5.74, 6) is 0. The summed E-state index contributed by atoms with van der Waals surface area (Å²) in [7, 11) is 0. The molecule has 10 aromatic rings. The molecule has 10 rings (SSSR count). The Bertz CT molecular complexity index is 3010. The molecule has 3 heterocycles. The van der Waals surface area contributed by atoms with Gasteiger partial charge in [-0.2, -0.15) is 0 Å². The van der Waals surface area contributed by atoms with E-state index in [-0.39, 0.29) is 0 Å². The van der Waals surface area contributed by atoms with Crippen LogP contribution >= 0.6 is 11.3 Å². The van der Waals surface area contributed by atoms with E-state index in [9.17, 15) is 0 Å². The molecule has 0 saturated carbocycles. The van der Waals surface area contributed by atoms with Crippen LogP contribution in [0.4, 0.5) is 0 Å². The Labute approximate surface area is 298 Å². The minimum atomic E-state index is 0.714. The molecule has 0 unspecified atom stereocenters. The Morgan fingerprint density at radius 2 is 1.18 bits per heavy atom. The number of benzene rings is 7. The third-order valence-electron chi connectivity index (χ3n) is 9.96. The second kappa shape index (κ2) is 11.8. The third-order valence-corrected chi connectivity index (χ3v) is 11.2. The highest BCUT2D eigenvalue weighted by molar-refractivity contribution is 7.26. The molecule has 0 radical (unpaired) electrons. The predicted octanol–water partition coefficient (Wildman–Crippen LogP) is 12.5. The van der Waals surface area contributed by atoms with Crippen LogP contribution in [-0.2, 0) is 0 Å². The van der Waals surface area contributed by atoms with Crippen molar-refractivity contribution in [1.82, 2.24) is 9.13 Å². The van der Waals surface area contributed by atoms with Gasteiger partial charge in [-0.05, 0) is 65.7 Å². The maximum absolute atomic E-state index is 8.02. The molecule has 5 heteroatoms. The number of aliphatic imine (C=N–C) groups is 1. The Balaban J connectivity index is 1.08. The lowest BCUT2D eigenvalue weighted by Gasteiger charge is -2.10. The Hall–Kier alpha value is -6.56. The Morgan fingerprint density at radius 1 is 0.549 bits per heavy atom. The number of rotatable bonds is 6. The second-order valence-electron chi connectivity index (χ2n) is 12.8. The molecule has 0 spiro atoms. The maximum atomic E-state index is 8.02. The van der Waals surface area contributed by atoms with Gasteiger partial charge in [-0.15, -0.1) is 11.3 Å². The fraction of sp³-hybridized carbons (Fsp3) is 0. The summed E-state index contributed by atoms with van der Waals surface area (Å²) in [5, 5.41) is 15.4. The molecule has 7 aromatic carbocycles. The van der Waals surface area contributed by atoms with Gasteiger partial charge in [-0.1, -0.05) is 109 Å². The summed E-state index contributed by atoms with van der Waals surface area (Å²) in [5.41, 5.74) is 9.64. The van der Waals surface area contributed by atoms with Crippen molar-refractivity contribution in [3.63, 3.8) is 0 Å². The molecule has 0 atom stereocenters. The first kappa shape index (κ1) is 29.4. The van der Waals surface area contributed by atoms with Crippen LogP contribution in [0.2, 0.25) is 0 Å². The first-order valence-electron chi connectivity index (χ1n) is 17.0. The van der Waals surface area contributed by atoms with Gasteiger partial charge in [0.15, 0.2) is 0 Å². The quantitative estimate of drug-likeness (QED) is 0.135. The number of nitrogens with one attached hydrogen (secondary N) is 1. The van der Waals surface area contributed by atoms with Gasteiger partial charge in [0.05, 0.1) is 27.8 Å². The molecule has 51 heavy (non-hydrogen) atoms. The number of thiophene rings is 1. The molecule has 0 aliphatic rings. The highest BCUT2D eigenvalue weighted by atomic mass is 32.1. The average Bonchev–Trinajstić information content (AvgIpc) is 3.84. The van der Waals surface area contributed by atoms with E-state index in [0.717, 1.165) is 33.3 Å². The number of para-hydroxylation sites is 3. The molecule has 1 N–H and O–H groups in total. The zero-order valence-electron chi connectivity index (χ0n) is 27.5. The minimum Gasteiger partial charge on any atom is -0.309 e. The van der Waals surface area contributed by atoms with Crippen molar-refractivity contribution < 1.29 is 0 Å². The van der Waals surface area contributed by atoms with Crippen LogP contribution in [0, 0.1) is 5.41 Å². The summed E-state index contributed by atoms with van der Waals surface area (Å²) >= 11 is 1.86. The SMILES string of the molecule is N=C/C=C(\N=Cn1c2ccccc2c2cc(-c3cccc4c3sc3ccccc34)ccc21)c1cccc(-n2c3ccccc3c3ccccc32)c1. The van der Waals surface area contributed by atoms with Gasteiger partial charge in [-0.25, -0.2) is 4.99 Å². The molecule has 0 saturated heterocycles. The number of nitrogens with zero attached hydrogens (tertiary/aromatic N) is 3. The lowest BCUT2D eigenvalue weighted by Crippen LogP contribution is -1.97. The van der Waals surface area contributed by atoms with Crippen LogP contribution in [0.3, 0.4) is 0 Å². The molecule has 4 nitrogen and oxygen atoms in total. The van der Waals surface area contributed by atoms with E-state index in [1.165, 1.54) is 59.1 Å². The van der Waals surface area contributed by atoms with Crippen molar-refractivity contribution in [2.45, 2.75) is 0 Å². The van der Waals surface area contributed by atoms with E-state index in [4.69, 9.17) is 10.4 Å². The lowest BCUT2D eigenvalue weighted by atomic mass is 10.0. The topological polar surface area (TPSA) is 46.1 Å². The van der Waals surface area contributed by atoms with E-state index in [1.54, 1.807) is 6.08 Å². The van der Waals surface area contributed by atoms with E-state index in [1.807, 2.05) is 17.7 Å². The van der Waals surface area contributed by atoms with E-state index < -0.39 is 0 Å². The Morgan fingerprint density at radius 3 is 1.94 bits per heavy atom. The molecule has 240 valence electrons. The largest absolute Gasteiger partial charge is 0.309 e. The number of aromatic nitrogens is 2. The third kappa shape index (κ3) is 4.67. The zero-order chi connectivity index (χ0) is 33.9. The molecule has 0 bridgehead atoms. The van der Waals surface area contributed by atoms with Crippen LogP contribution in [0.15, 0.2) is 169 Å². The molecule has 0 fully saturated rings. The summed E-state index contributed by atoms with van der Waals surface area (Å²) in [6, 6.07) is 56.1. The highest BCUT2D eigenvalue weighted by Gasteiger charge is 2.15. The first-order valence-corrected chi connectivity index (χ1v) is 17.9. The van der Waals surface area contributed by atoms with Gasteiger partial charge in [0.2, 0.25) is 0 Å². The maximum Gasteiger partial charge on any atom is 0.100 e. The second-order valence-corrected chi connectivity index (χ2v) is 13.8. The van der Waals surface area contributed by atoms with E-state index in [0.29, 0.717) is 5.70 Å². The van der Waals surface area contributed by atoms with Gasteiger partial charge in [-0.3, -0.25) is 4.57 Å². The van der Waals surface area contributed by atoms with Gasteiger partial charge in [0.1, 0.15) is 6.34 Å². The van der Waals surface area contributed by atoms with Gasteiger partial charge >= 0.3 is 0 Å². The fourth-order valence-corrected chi connectivity index (χ4v) is 8.93. The number of hydrogen-bond acceptors (Lipinski definition) is 3. The summed E-state index contributed by atoms with van der Waals surface area (Å²) in [6.45, 7) is 0. The number of hydrogen-bond donors (Lipinski definition) is 1. The van der Waals surface area contributed by atoms with Crippen LogP contribution < -0.4 is 0 Å². The molecular weight excluding hydrogens is 641 g/mol. The van der Waals surface area contributed by atoms with Crippen LogP contribution in [0.5, 0.6) is 0 Å². The predicted molar refractivity (Wildman–Crippen MR) is 219 cm³/mol. The molecule has 3 aromatic heterocycles. The smallest absolute Gasteiger partial charge is 0.100 e. The monoisotopic (exact) mass is 670 g/mol. The normalized spacial score (nSPS) is 12.4. The minimum absolute atomic E-state index is 0.714. The van der Waals surface area contributed by atoms with E-state index in [2.05, 4.69) is 167 Å². The van der Waals surface area contributed by atoms with Gasteiger partial charge in [0.25, 0.3) is 0 Å². The van der Waals surface area contributed by atoms with Crippen molar-refractivity contribution in [3.8, 4) is 16.8 Å². The van der Waals surface area contributed by atoms with Crippen LogP contribution in [-0.4, -0.2) is 21.7 Å². The zero-order valence-corrected chi connectivity index (χ0v) is 28.3. The molecule has 0 aliphatic heterocycles. The number of allylic oxidation sites excluding steroid dienone is 1. The lowest BCUT2D eigenvalue weighted by molar-refractivity contribution is 1.18. The summed E-state index contributed by atoms with van der Waals surface area (Å²) < 4.78 is 7.10. The van der Waals surface area contributed by atoms with E-state index >= 15 is 0 Å². The van der Waals surface area contributed by atoms with Gasteiger partial charge in [0, 0.05) is 59.2 Å². The van der Waals surface area contributed by atoms with Gasteiger partial charge < -0.3 is 9.98 Å². The Kier molecular flexibility index (Phi) is 6.79. The van der Waals surface area contributed by atoms with Crippen molar-refractivity contribution in [2.24, 2.45) is 4.99 Å². The number of fused-ring (bicyclic) bond motifs is 9. The molecule has 0 amide bonds. The summed E-state index contributed by atoms with van der Waals surface area (Å²) in [4.78, 5) is 5.06. The molecule has 0 aliphatic carbocycles. The first-order chi connectivity index (χ1) is 25.3. The molecular formula is C46H30N4S. The van der Waals surface area contributed by atoms with Crippen molar-refractivity contribution in [1.29, 1.82) is 5.41 Å². The summed E-state index contributed by atoms with van der Waals surface area (Å²) in [6.07, 6.45) is 4.98. The average molecular weight is 671 g/mol. The van der Waals surface area contributed by atoms with Crippen LogP contribution in [0.25, 0.3) is 86.3 Å². The van der Waals surface area contributed by atoms with Crippen molar-refractivity contribution in [3.05, 3.63) is 169 Å². The van der Waals surface area contributed by atoms with Crippen LogP contribution in [0.1, 0.15) is 5.56 Å². The standard InChI is InChI=1S/C46H30N4S/c47-26-25-40(31-11-9-12-32(27-31)50-43-20-6-2-13-34(43)35-14-3-7-21-44(35)50)48-29-49-41-19-5-1-15-36(41)39-28-30(23-24-42(39)49)33-17-10-18-38-37-16-4-8-22-45(37)51-46(33)38/h1-29,47H/b40-25-,47-26?,48-29?. The highest BCUT2D eigenvalue weighted by Crippen LogP contribution is 2.41.